The van der Waals surface area contributed by atoms with E-state index in [4.69, 9.17) is 21.0 Å². The molecule has 0 radical (unpaired) electrons. The van der Waals surface area contributed by atoms with Crippen molar-refractivity contribution in [1.29, 1.82) is 0 Å². The first-order valence-corrected chi connectivity index (χ1v) is 14.6. The first kappa shape index (κ1) is 27.6. The van der Waals surface area contributed by atoms with Crippen LogP contribution < -0.4 is 20.5 Å². The minimum absolute atomic E-state index is 0.0404. The lowest BCUT2D eigenvalue weighted by molar-refractivity contribution is 0.565. The molecule has 0 fully saturated rings. The second-order valence-electron chi connectivity index (χ2n) is 10.00. The van der Waals surface area contributed by atoms with Gasteiger partial charge in [0, 0.05) is 25.7 Å². The van der Waals surface area contributed by atoms with Crippen LogP contribution in [0, 0.1) is 12.7 Å². The van der Waals surface area contributed by atoms with Gasteiger partial charge in [-0.1, -0.05) is 28.8 Å². The van der Waals surface area contributed by atoms with Gasteiger partial charge in [-0.2, -0.15) is 8.42 Å². The van der Waals surface area contributed by atoms with Gasteiger partial charge in [0.15, 0.2) is 0 Å². The maximum atomic E-state index is 13.9. The number of nitrogens with one attached hydrogen (secondary N) is 2. The summed E-state index contributed by atoms with van der Waals surface area (Å²) in [5, 5.41) is 10.2. The van der Waals surface area contributed by atoms with E-state index < -0.39 is 16.1 Å². The van der Waals surface area contributed by atoms with Gasteiger partial charge in [0.05, 0.1) is 22.6 Å². The van der Waals surface area contributed by atoms with Crippen molar-refractivity contribution in [3.63, 3.8) is 0 Å². The van der Waals surface area contributed by atoms with E-state index in [1.54, 1.807) is 19.2 Å². The van der Waals surface area contributed by atoms with Crippen molar-refractivity contribution in [2.45, 2.75) is 38.0 Å². The maximum absolute atomic E-state index is 13.9. The molecule has 3 aromatic heterocycles. The van der Waals surface area contributed by atoms with Gasteiger partial charge in [-0.25, -0.2) is 19.1 Å². The van der Waals surface area contributed by atoms with Crippen LogP contribution >= 0.6 is 11.6 Å². The molecule has 0 aliphatic carbocycles. The van der Waals surface area contributed by atoms with Gasteiger partial charge in [0.25, 0.3) is 15.6 Å². The van der Waals surface area contributed by atoms with Crippen molar-refractivity contribution in [2.24, 2.45) is 7.05 Å². The molecule has 42 heavy (non-hydrogen) atoms. The summed E-state index contributed by atoms with van der Waals surface area (Å²) in [5.41, 5.74) is 3.64. The van der Waals surface area contributed by atoms with Crippen molar-refractivity contribution in [3.8, 4) is 0 Å². The normalized spacial score (nSPS) is 13.8. The Morgan fingerprint density at radius 2 is 1.88 bits per heavy atom. The molecule has 1 aliphatic heterocycles. The van der Waals surface area contributed by atoms with E-state index in [-0.39, 0.29) is 33.3 Å². The molecular formula is C27H24ClFN8O4S. The van der Waals surface area contributed by atoms with Crippen molar-refractivity contribution >= 4 is 50.2 Å². The molecule has 6 rings (SSSR count). The molecule has 0 saturated carbocycles. The highest BCUT2D eigenvalue weighted by molar-refractivity contribution is 7.92. The second-order valence-corrected chi connectivity index (χ2v) is 12.0. The van der Waals surface area contributed by atoms with Gasteiger partial charge in [0.1, 0.15) is 11.0 Å². The zero-order valence-electron chi connectivity index (χ0n) is 22.6. The van der Waals surface area contributed by atoms with Crippen LogP contribution in [0.25, 0.3) is 10.9 Å². The first-order valence-electron chi connectivity index (χ1n) is 12.8. The van der Waals surface area contributed by atoms with E-state index >= 15 is 0 Å². The molecule has 1 aliphatic rings. The van der Waals surface area contributed by atoms with E-state index in [2.05, 4.69) is 25.2 Å². The molecule has 5 aromatic rings. The molecule has 2 aromatic carbocycles. The van der Waals surface area contributed by atoms with E-state index in [1.165, 1.54) is 28.8 Å². The van der Waals surface area contributed by atoms with Crippen molar-refractivity contribution < 1.29 is 17.2 Å². The number of fused-ring (bicyclic) bond motifs is 2. The van der Waals surface area contributed by atoms with E-state index in [0.717, 1.165) is 23.1 Å². The number of nitrogens with zero attached hydrogens (tertiary/aromatic N) is 6. The van der Waals surface area contributed by atoms with Crippen LogP contribution in [0.5, 0.6) is 0 Å². The Kier molecular flexibility index (Phi) is 6.81. The smallest absolute Gasteiger partial charge is 0.329 e. The van der Waals surface area contributed by atoms with Gasteiger partial charge in [-0.3, -0.25) is 9.36 Å². The molecule has 0 unspecified atom stereocenters. The van der Waals surface area contributed by atoms with Gasteiger partial charge in [0.2, 0.25) is 17.4 Å². The summed E-state index contributed by atoms with van der Waals surface area (Å²) in [6, 6.07) is 10.4. The van der Waals surface area contributed by atoms with Crippen LogP contribution in [-0.2, 0) is 30.2 Å². The van der Waals surface area contributed by atoms with Crippen molar-refractivity contribution in [3.05, 3.63) is 92.4 Å². The third-order valence-electron chi connectivity index (χ3n) is 7.01. The molecular weight excluding hydrogens is 587 g/mol. The number of halogens is 2. The Morgan fingerprint density at radius 3 is 2.64 bits per heavy atom. The number of sulfonamides is 1. The highest BCUT2D eigenvalue weighted by Crippen LogP contribution is 2.32. The molecule has 0 spiro atoms. The largest absolute Gasteiger partial charge is 0.410 e. The Hall–Kier alpha value is -4.56. The predicted octanol–water partition coefficient (Wildman–Crippen LogP) is 4.31. The van der Waals surface area contributed by atoms with E-state index in [1.807, 2.05) is 24.8 Å². The molecule has 0 bridgehead atoms. The molecule has 0 amide bonds. The molecule has 12 nitrogen and oxygen atoms in total. The topological polar surface area (TPSA) is 148 Å². The average Bonchev–Trinajstić information content (AvgIpc) is 3.60. The van der Waals surface area contributed by atoms with Crippen LogP contribution in [-0.4, -0.2) is 33.2 Å². The SMILES string of the molecule is Cc1cc([C@@H](C)Nc2ccc(Cl)nc2S(=O)(=O)Nc2nnco2)c2nc(N3Cc4ccc(F)cc4C3)n(C)c(=O)c2c1. The number of hydrogen-bond acceptors (Lipinski definition) is 10. The number of benzene rings is 2. The monoisotopic (exact) mass is 610 g/mol. The molecule has 0 saturated heterocycles. The number of aromatic nitrogens is 5. The summed E-state index contributed by atoms with van der Waals surface area (Å²) >= 11 is 6.06. The highest BCUT2D eigenvalue weighted by atomic mass is 35.5. The number of pyridine rings is 1. The first-order chi connectivity index (χ1) is 20.0. The number of aryl methyl sites for hydroxylation is 1. The Labute approximate surface area is 244 Å². The van der Waals surface area contributed by atoms with Gasteiger partial charge < -0.3 is 14.6 Å². The lowest BCUT2D eigenvalue weighted by Gasteiger charge is -2.23. The maximum Gasteiger partial charge on any atom is 0.329 e. The summed E-state index contributed by atoms with van der Waals surface area (Å²) in [6.07, 6.45) is 0.984. The Balaban J connectivity index is 1.40. The van der Waals surface area contributed by atoms with E-state index in [0.29, 0.717) is 35.5 Å². The van der Waals surface area contributed by atoms with Crippen LogP contribution in [0.2, 0.25) is 5.15 Å². The van der Waals surface area contributed by atoms with Crippen LogP contribution in [0.1, 0.15) is 35.2 Å². The minimum Gasteiger partial charge on any atom is -0.410 e. The average molecular weight is 611 g/mol. The van der Waals surface area contributed by atoms with Crippen LogP contribution in [0.3, 0.4) is 0 Å². The third-order valence-corrected chi connectivity index (χ3v) is 8.48. The Morgan fingerprint density at radius 1 is 1.10 bits per heavy atom. The van der Waals surface area contributed by atoms with Crippen molar-refractivity contribution in [2.75, 3.05) is 14.9 Å². The number of rotatable bonds is 7. The fraction of sp³-hybridized carbons (Fsp3) is 0.222. The highest BCUT2D eigenvalue weighted by Gasteiger charge is 2.27. The van der Waals surface area contributed by atoms with Gasteiger partial charge in [-0.15, -0.1) is 5.10 Å². The van der Waals surface area contributed by atoms with Crippen LogP contribution in [0.15, 0.2) is 63.1 Å². The minimum atomic E-state index is -4.28. The lowest BCUT2D eigenvalue weighted by atomic mass is 10.0. The summed E-state index contributed by atoms with van der Waals surface area (Å²) in [5.74, 6) is 0.112. The zero-order valence-corrected chi connectivity index (χ0v) is 24.2. The fourth-order valence-corrected chi connectivity index (χ4v) is 6.33. The quantitative estimate of drug-likeness (QED) is 0.255. The zero-order chi connectivity index (χ0) is 29.8. The summed E-state index contributed by atoms with van der Waals surface area (Å²) in [7, 11) is -2.62. The second kappa shape index (κ2) is 10.4. The predicted molar refractivity (Wildman–Crippen MR) is 154 cm³/mol. The molecule has 4 heterocycles. The number of hydrogen-bond donors (Lipinski definition) is 2. The number of anilines is 3. The summed E-state index contributed by atoms with van der Waals surface area (Å²) in [4.78, 5) is 24.4. The summed E-state index contributed by atoms with van der Waals surface area (Å²) < 4.78 is 48.8. The standard InChI is InChI=1S/C27H24ClFN8O4S/c1-14-8-19(15(2)31-21-6-7-22(28)32-24(21)42(39,40)35-26-34-30-13-41-26)23-20(9-14)25(38)36(3)27(33-23)37-11-16-4-5-18(29)10-17(16)12-37/h4-10,13,15,31H,11-12H2,1-3H3,(H,34,35)/t15-/m1/s1. The van der Waals surface area contributed by atoms with E-state index in [9.17, 15) is 17.6 Å². The fourth-order valence-electron chi connectivity index (χ4n) is 5.08. The van der Waals surface area contributed by atoms with Gasteiger partial charge in [-0.05, 0) is 60.9 Å². The lowest BCUT2D eigenvalue weighted by Crippen LogP contribution is -2.28. The molecule has 2 N–H and O–H groups in total. The molecule has 216 valence electrons. The molecule has 15 heteroatoms. The Bertz CT molecular complexity index is 2020. The third kappa shape index (κ3) is 5.03. The van der Waals surface area contributed by atoms with Crippen molar-refractivity contribution in [1.82, 2.24) is 24.7 Å². The molecule has 1 atom stereocenters. The van der Waals surface area contributed by atoms with Crippen LogP contribution in [0.4, 0.5) is 22.0 Å². The summed E-state index contributed by atoms with van der Waals surface area (Å²) in [6.45, 7) is 4.56. The van der Waals surface area contributed by atoms with Gasteiger partial charge >= 0.3 is 6.01 Å².